The van der Waals surface area contributed by atoms with Gasteiger partial charge in [-0.25, -0.2) is 9.78 Å². The number of methoxy groups -OCH3 is 1. The number of nitrogens with zero attached hydrogens (tertiary/aromatic N) is 1. The van der Waals surface area contributed by atoms with Gasteiger partial charge in [-0.15, -0.1) is 0 Å². The molecule has 1 aromatic heterocycles. The zero-order valence-corrected chi connectivity index (χ0v) is 13.8. The van der Waals surface area contributed by atoms with Crippen LogP contribution in [-0.4, -0.2) is 35.8 Å². The number of halogens is 3. The molecule has 2 N–H and O–H groups in total. The number of carbonyl (C=O) groups excluding carboxylic acids is 2. The summed E-state index contributed by atoms with van der Waals surface area (Å²) in [6.45, 7) is 2.70. The quantitative estimate of drug-likeness (QED) is 0.646. The molecule has 1 aromatic carbocycles. The SMILES string of the molecule is COC(=O)[C@](NC(C)=O)(Nc1nc2ccc(C)cc2s1)C(F)(F)F. The van der Waals surface area contributed by atoms with Gasteiger partial charge in [0.2, 0.25) is 5.91 Å². The normalized spacial score (nSPS) is 14.1. The van der Waals surface area contributed by atoms with Gasteiger partial charge in [-0.05, 0) is 24.6 Å². The number of esters is 1. The second kappa shape index (κ2) is 6.27. The van der Waals surface area contributed by atoms with Crippen molar-refractivity contribution >= 4 is 38.6 Å². The van der Waals surface area contributed by atoms with Crippen molar-refractivity contribution in [3.05, 3.63) is 23.8 Å². The summed E-state index contributed by atoms with van der Waals surface area (Å²) in [4.78, 5) is 27.1. The van der Waals surface area contributed by atoms with Crippen LogP contribution in [0.1, 0.15) is 12.5 Å². The monoisotopic (exact) mass is 361 g/mol. The number of hydrogen-bond acceptors (Lipinski definition) is 6. The van der Waals surface area contributed by atoms with E-state index in [0.717, 1.165) is 30.9 Å². The Bertz CT molecular complexity index is 790. The van der Waals surface area contributed by atoms with Crippen LogP contribution in [0.5, 0.6) is 0 Å². The molecule has 1 amide bonds. The van der Waals surface area contributed by atoms with Crippen LogP contribution in [-0.2, 0) is 14.3 Å². The van der Waals surface area contributed by atoms with Crippen LogP contribution in [0, 0.1) is 6.92 Å². The van der Waals surface area contributed by atoms with Crippen molar-refractivity contribution in [1.29, 1.82) is 0 Å². The van der Waals surface area contributed by atoms with Crippen LogP contribution in [0.2, 0.25) is 0 Å². The highest BCUT2D eigenvalue weighted by Crippen LogP contribution is 2.35. The standard InChI is InChI=1S/C14H14F3N3O3S/c1-7-4-5-9-10(6-7)24-12(18-9)20-13(11(22)23-3,14(15,16)17)19-8(2)21/h4-6H,1-3H3,(H,18,20)(H,19,21)/t13-/m0/s1. The van der Waals surface area contributed by atoms with Gasteiger partial charge < -0.3 is 15.4 Å². The van der Waals surface area contributed by atoms with Gasteiger partial charge in [0.15, 0.2) is 5.13 Å². The molecule has 0 bridgehead atoms. The van der Waals surface area contributed by atoms with Gasteiger partial charge in [0.25, 0.3) is 0 Å². The Hall–Kier alpha value is -2.36. The predicted octanol–water partition coefficient (Wildman–Crippen LogP) is 2.58. The fourth-order valence-electron chi connectivity index (χ4n) is 2.05. The van der Waals surface area contributed by atoms with E-state index in [4.69, 9.17) is 0 Å². The summed E-state index contributed by atoms with van der Waals surface area (Å²) in [5.41, 5.74) is -2.04. The van der Waals surface area contributed by atoms with Gasteiger partial charge in [0.05, 0.1) is 17.3 Å². The number of rotatable bonds is 4. The minimum absolute atomic E-state index is 0.174. The number of hydrogen-bond donors (Lipinski definition) is 2. The molecule has 10 heteroatoms. The maximum atomic E-state index is 13.6. The average molecular weight is 361 g/mol. The van der Waals surface area contributed by atoms with E-state index in [0.29, 0.717) is 10.2 Å². The van der Waals surface area contributed by atoms with Crippen molar-refractivity contribution in [2.24, 2.45) is 0 Å². The molecule has 0 saturated heterocycles. The van der Waals surface area contributed by atoms with Crippen molar-refractivity contribution in [3.8, 4) is 0 Å². The Labute approximate surface area is 139 Å². The third-order valence-corrected chi connectivity index (χ3v) is 4.05. The maximum Gasteiger partial charge on any atom is 0.442 e. The Morgan fingerprint density at radius 3 is 2.50 bits per heavy atom. The first-order valence-corrected chi connectivity index (χ1v) is 7.50. The summed E-state index contributed by atoms with van der Waals surface area (Å²) >= 11 is 0.928. The Balaban J connectivity index is 2.53. The lowest BCUT2D eigenvalue weighted by atomic mass is 10.1. The number of aryl methyl sites for hydroxylation is 1. The topological polar surface area (TPSA) is 80.3 Å². The first-order valence-electron chi connectivity index (χ1n) is 6.68. The molecule has 0 aliphatic rings. The Morgan fingerprint density at radius 1 is 1.29 bits per heavy atom. The predicted molar refractivity (Wildman–Crippen MR) is 82.6 cm³/mol. The average Bonchev–Trinajstić information content (AvgIpc) is 2.85. The summed E-state index contributed by atoms with van der Waals surface area (Å²) in [7, 11) is 0.800. The first kappa shape index (κ1) is 18.0. The summed E-state index contributed by atoms with van der Waals surface area (Å²) in [5.74, 6) is -2.75. The number of amides is 1. The largest absolute Gasteiger partial charge is 0.466 e. The van der Waals surface area contributed by atoms with E-state index in [1.165, 1.54) is 0 Å². The van der Waals surface area contributed by atoms with Crippen LogP contribution in [0.25, 0.3) is 10.2 Å². The molecule has 2 rings (SSSR count). The smallest absolute Gasteiger partial charge is 0.442 e. The Kier molecular flexibility index (Phi) is 4.70. The van der Waals surface area contributed by atoms with Crippen LogP contribution >= 0.6 is 11.3 Å². The second-order valence-corrected chi connectivity index (χ2v) is 6.07. The number of aromatic nitrogens is 1. The first-order chi connectivity index (χ1) is 11.1. The fraction of sp³-hybridized carbons (Fsp3) is 0.357. The fourth-order valence-corrected chi connectivity index (χ4v) is 3.07. The van der Waals surface area contributed by atoms with E-state index in [2.05, 4.69) is 9.72 Å². The number of fused-ring (bicyclic) bond motifs is 1. The second-order valence-electron chi connectivity index (χ2n) is 5.04. The van der Waals surface area contributed by atoms with Crippen LogP contribution in [0.4, 0.5) is 18.3 Å². The molecule has 1 atom stereocenters. The van der Waals surface area contributed by atoms with E-state index in [-0.39, 0.29) is 5.13 Å². The molecule has 1 heterocycles. The number of carbonyl (C=O) groups is 2. The number of benzene rings is 1. The summed E-state index contributed by atoms with van der Waals surface area (Å²) in [6, 6.07) is 5.17. The molecule has 0 radical (unpaired) electrons. The van der Waals surface area contributed by atoms with Crippen molar-refractivity contribution in [2.45, 2.75) is 25.7 Å². The third kappa shape index (κ3) is 3.28. The molecule has 24 heavy (non-hydrogen) atoms. The molecule has 0 spiro atoms. The van der Waals surface area contributed by atoms with Gasteiger partial charge in [-0.2, -0.15) is 13.2 Å². The zero-order valence-electron chi connectivity index (χ0n) is 12.9. The zero-order chi connectivity index (χ0) is 18.1. The summed E-state index contributed by atoms with van der Waals surface area (Å²) in [5, 5.41) is 3.43. The highest BCUT2D eigenvalue weighted by molar-refractivity contribution is 7.22. The number of thiazole rings is 1. The number of alkyl halides is 3. The molecule has 6 nitrogen and oxygen atoms in total. The van der Waals surface area contributed by atoms with Gasteiger partial charge >= 0.3 is 17.8 Å². The highest BCUT2D eigenvalue weighted by Gasteiger charge is 2.63. The van der Waals surface area contributed by atoms with Gasteiger partial charge in [0.1, 0.15) is 0 Å². The molecular weight excluding hydrogens is 347 g/mol. The van der Waals surface area contributed by atoms with Crippen molar-refractivity contribution in [1.82, 2.24) is 10.3 Å². The number of ether oxygens (including phenoxy) is 1. The van der Waals surface area contributed by atoms with E-state index in [1.54, 1.807) is 23.5 Å². The van der Waals surface area contributed by atoms with E-state index < -0.39 is 23.7 Å². The molecule has 0 unspecified atom stereocenters. The lowest BCUT2D eigenvalue weighted by Gasteiger charge is -2.33. The van der Waals surface area contributed by atoms with Crippen molar-refractivity contribution in [3.63, 3.8) is 0 Å². The Morgan fingerprint density at radius 2 is 1.96 bits per heavy atom. The van der Waals surface area contributed by atoms with E-state index in [1.807, 2.05) is 12.2 Å². The molecule has 130 valence electrons. The highest BCUT2D eigenvalue weighted by atomic mass is 32.1. The van der Waals surface area contributed by atoms with E-state index in [9.17, 15) is 22.8 Å². The van der Waals surface area contributed by atoms with Gasteiger partial charge in [-0.1, -0.05) is 17.4 Å². The van der Waals surface area contributed by atoms with Crippen molar-refractivity contribution in [2.75, 3.05) is 12.4 Å². The minimum atomic E-state index is -5.15. The number of anilines is 1. The molecule has 2 aromatic rings. The van der Waals surface area contributed by atoms with Crippen LogP contribution in [0.15, 0.2) is 18.2 Å². The third-order valence-electron chi connectivity index (χ3n) is 3.12. The molecule has 0 aliphatic heterocycles. The molecule has 0 aliphatic carbocycles. The molecule has 0 saturated carbocycles. The van der Waals surface area contributed by atoms with Gasteiger partial charge in [0, 0.05) is 6.92 Å². The summed E-state index contributed by atoms with van der Waals surface area (Å²) < 4.78 is 45.6. The van der Waals surface area contributed by atoms with E-state index >= 15 is 0 Å². The molecular formula is C14H14F3N3O3S. The molecule has 0 fully saturated rings. The van der Waals surface area contributed by atoms with Crippen LogP contribution < -0.4 is 10.6 Å². The number of nitrogens with one attached hydrogen (secondary N) is 2. The van der Waals surface area contributed by atoms with Gasteiger partial charge in [-0.3, -0.25) is 4.79 Å². The summed E-state index contributed by atoms with van der Waals surface area (Å²) in [6.07, 6.45) is -5.15. The lowest BCUT2D eigenvalue weighted by molar-refractivity contribution is -0.206. The maximum absolute atomic E-state index is 13.6. The van der Waals surface area contributed by atoms with Crippen LogP contribution in [0.3, 0.4) is 0 Å². The minimum Gasteiger partial charge on any atom is -0.466 e. The lowest BCUT2D eigenvalue weighted by Crippen LogP contribution is -2.69. The van der Waals surface area contributed by atoms with Crippen molar-refractivity contribution < 1.29 is 27.5 Å².